The third kappa shape index (κ3) is 2.38. The predicted octanol–water partition coefficient (Wildman–Crippen LogP) is 2.58. The molecular weight excluding hydrogens is 162 g/mol. The van der Waals surface area contributed by atoms with Gasteiger partial charge in [0, 0.05) is 13.1 Å². The number of aromatic nitrogens is 1. The summed E-state index contributed by atoms with van der Waals surface area (Å²) in [6.45, 7) is 7.89. The molecule has 1 rings (SSSR count). The van der Waals surface area contributed by atoms with Crippen molar-refractivity contribution in [1.82, 2.24) is 4.98 Å². The molecule has 70 valence electrons. The van der Waals surface area contributed by atoms with Crippen molar-refractivity contribution in [3.63, 3.8) is 0 Å². The monoisotopic (exact) mass is 177 g/mol. The molecule has 0 saturated carbocycles. The van der Waals surface area contributed by atoms with Crippen molar-refractivity contribution in [3.05, 3.63) is 29.6 Å². The molecule has 0 radical (unpaired) electrons. The van der Waals surface area contributed by atoms with Gasteiger partial charge in [0.15, 0.2) is 5.78 Å². The molecule has 13 heavy (non-hydrogen) atoms. The topological polar surface area (TPSA) is 30.0 Å². The Hall–Kier alpha value is -1.18. The lowest BCUT2D eigenvalue weighted by atomic mass is 9.87. The van der Waals surface area contributed by atoms with E-state index in [0.717, 1.165) is 5.56 Å². The highest BCUT2D eigenvalue weighted by molar-refractivity contribution is 5.92. The van der Waals surface area contributed by atoms with E-state index in [1.807, 2.05) is 12.1 Å². The summed E-state index contributed by atoms with van der Waals surface area (Å²) in [6.07, 6.45) is 1.69. The minimum atomic E-state index is 0.0195. The Morgan fingerprint density at radius 2 is 2.00 bits per heavy atom. The SMILES string of the molecule is CC(=O)c1cc(C(C)(C)C)ccn1. The number of nitrogens with zero attached hydrogens (tertiary/aromatic N) is 1. The van der Waals surface area contributed by atoms with Gasteiger partial charge < -0.3 is 0 Å². The van der Waals surface area contributed by atoms with Gasteiger partial charge in [0.05, 0.1) is 0 Å². The number of hydrogen-bond donors (Lipinski definition) is 0. The zero-order valence-electron chi connectivity index (χ0n) is 8.59. The van der Waals surface area contributed by atoms with Crippen molar-refractivity contribution < 1.29 is 4.79 Å². The maximum atomic E-state index is 11.1. The fourth-order valence-corrected chi connectivity index (χ4v) is 1.09. The van der Waals surface area contributed by atoms with Crippen molar-refractivity contribution in [1.29, 1.82) is 0 Å². The second kappa shape index (κ2) is 3.29. The first-order valence-corrected chi connectivity index (χ1v) is 4.39. The molecular formula is C11H15NO. The summed E-state index contributed by atoms with van der Waals surface area (Å²) in [4.78, 5) is 15.1. The molecule has 2 heteroatoms. The molecule has 0 fully saturated rings. The molecule has 0 saturated heterocycles. The molecule has 0 amide bonds. The maximum Gasteiger partial charge on any atom is 0.178 e. The van der Waals surface area contributed by atoms with E-state index in [0.29, 0.717) is 5.69 Å². The van der Waals surface area contributed by atoms with Crippen molar-refractivity contribution in [3.8, 4) is 0 Å². The molecule has 1 aromatic rings. The summed E-state index contributed by atoms with van der Waals surface area (Å²) in [7, 11) is 0. The molecule has 0 aliphatic heterocycles. The minimum Gasteiger partial charge on any atom is -0.293 e. The smallest absolute Gasteiger partial charge is 0.178 e. The van der Waals surface area contributed by atoms with E-state index in [2.05, 4.69) is 25.8 Å². The van der Waals surface area contributed by atoms with Gasteiger partial charge in [0.25, 0.3) is 0 Å². The van der Waals surface area contributed by atoms with Crippen LogP contribution < -0.4 is 0 Å². The second-order valence-electron chi connectivity index (χ2n) is 4.24. The molecule has 0 aliphatic rings. The maximum absolute atomic E-state index is 11.1. The lowest BCUT2D eigenvalue weighted by Crippen LogP contribution is -2.12. The molecule has 0 atom stereocenters. The van der Waals surface area contributed by atoms with Crippen LogP contribution in [0.5, 0.6) is 0 Å². The zero-order chi connectivity index (χ0) is 10.1. The average Bonchev–Trinajstić information content (AvgIpc) is 2.03. The molecule has 0 unspecified atom stereocenters. The summed E-state index contributed by atoms with van der Waals surface area (Å²) >= 11 is 0. The summed E-state index contributed by atoms with van der Waals surface area (Å²) in [5.74, 6) is 0.0195. The highest BCUT2D eigenvalue weighted by Gasteiger charge is 2.14. The third-order valence-electron chi connectivity index (χ3n) is 1.99. The largest absolute Gasteiger partial charge is 0.293 e. The summed E-state index contributed by atoms with van der Waals surface area (Å²) in [6, 6.07) is 3.81. The zero-order valence-corrected chi connectivity index (χ0v) is 8.59. The molecule has 0 aromatic carbocycles. The summed E-state index contributed by atoms with van der Waals surface area (Å²) in [5.41, 5.74) is 1.77. The van der Waals surface area contributed by atoms with Gasteiger partial charge in [-0.3, -0.25) is 9.78 Å². The minimum absolute atomic E-state index is 0.0195. The normalized spacial score (nSPS) is 11.4. The summed E-state index contributed by atoms with van der Waals surface area (Å²) in [5, 5.41) is 0. The Balaban J connectivity index is 3.13. The lowest BCUT2D eigenvalue weighted by molar-refractivity contribution is 0.101. The number of Topliss-reactive ketones (excluding diaryl/α,β-unsaturated/α-hetero) is 1. The first-order valence-electron chi connectivity index (χ1n) is 4.39. The second-order valence-corrected chi connectivity index (χ2v) is 4.24. The van der Waals surface area contributed by atoms with E-state index < -0.39 is 0 Å². The van der Waals surface area contributed by atoms with Crippen molar-refractivity contribution in [2.75, 3.05) is 0 Å². The number of rotatable bonds is 1. The van der Waals surface area contributed by atoms with Crippen LogP contribution >= 0.6 is 0 Å². The fourth-order valence-electron chi connectivity index (χ4n) is 1.09. The Labute approximate surface area is 79.0 Å². The van der Waals surface area contributed by atoms with Gasteiger partial charge in [-0.05, 0) is 23.1 Å². The number of carbonyl (C=O) groups excluding carboxylic acids is 1. The van der Waals surface area contributed by atoms with Crippen LogP contribution in [0.3, 0.4) is 0 Å². The first kappa shape index (κ1) is 9.90. The van der Waals surface area contributed by atoms with Gasteiger partial charge in [0.2, 0.25) is 0 Å². The molecule has 1 aromatic heterocycles. The molecule has 0 aliphatic carbocycles. The van der Waals surface area contributed by atoms with Crippen molar-refractivity contribution >= 4 is 5.78 Å². The molecule has 1 heterocycles. The quantitative estimate of drug-likeness (QED) is 0.617. The van der Waals surface area contributed by atoms with E-state index in [4.69, 9.17) is 0 Å². The van der Waals surface area contributed by atoms with Crippen LogP contribution in [0.2, 0.25) is 0 Å². The van der Waals surface area contributed by atoms with Gasteiger partial charge in [-0.15, -0.1) is 0 Å². The Kier molecular flexibility index (Phi) is 2.50. The van der Waals surface area contributed by atoms with E-state index in [1.165, 1.54) is 6.92 Å². The molecule has 2 nitrogen and oxygen atoms in total. The molecule has 0 spiro atoms. The van der Waals surface area contributed by atoms with E-state index >= 15 is 0 Å². The van der Waals surface area contributed by atoms with Crippen molar-refractivity contribution in [2.45, 2.75) is 33.1 Å². The first-order chi connectivity index (χ1) is 5.91. The van der Waals surface area contributed by atoms with Crippen molar-refractivity contribution in [2.24, 2.45) is 0 Å². The van der Waals surface area contributed by atoms with Gasteiger partial charge >= 0.3 is 0 Å². The van der Waals surface area contributed by atoms with Crippen LogP contribution in [0.1, 0.15) is 43.7 Å². The van der Waals surface area contributed by atoms with Gasteiger partial charge in [-0.1, -0.05) is 20.8 Å². The lowest BCUT2D eigenvalue weighted by Gasteiger charge is -2.18. The van der Waals surface area contributed by atoms with Crippen LogP contribution in [0, 0.1) is 0 Å². The Morgan fingerprint density at radius 3 is 2.46 bits per heavy atom. The molecule has 0 bridgehead atoms. The van der Waals surface area contributed by atoms with Gasteiger partial charge in [-0.25, -0.2) is 0 Å². The summed E-state index contributed by atoms with van der Waals surface area (Å²) < 4.78 is 0. The Morgan fingerprint density at radius 1 is 1.38 bits per heavy atom. The van der Waals surface area contributed by atoms with Crippen LogP contribution in [0.4, 0.5) is 0 Å². The molecule has 0 N–H and O–H groups in total. The fraction of sp³-hybridized carbons (Fsp3) is 0.455. The van der Waals surface area contributed by atoms with Crippen LogP contribution in [0.25, 0.3) is 0 Å². The van der Waals surface area contributed by atoms with Crippen LogP contribution in [-0.2, 0) is 5.41 Å². The van der Waals surface area contributed by atoms with E-state index in [9.17, 15) is 4.79 Å². The van der Waals surface area contributed by atoms with E-state index in [-0.39, 0.29) is 11.2 Å². The highest BCUT2D eigenvalue weighted by Crippen LogP contribution is 2.21. The van der Waals surface area contributed by atoms with Crippen LogP contribution in [-0.4, -0.2) is 10.8 Å². The van der Waals surface area contributed by atoms with Gasteiger partial charge in [-0.2, -0.15) is 0 Å². The number of carbonyl (C=O) groups is 1. The number of ketones is 1. The highest BCUT2D eigenvalue weighted by atomic mass is 16.1. The third-order valence-corrected chi connectivity index (χ3v) is 1.99. The average molecular weight is 177 g/mol. The van der Waals surface area contributed by atoms with Gasteiger partial charge in [0.1, 0.15) is 5.69 Å². The standard InChI is InChI=1S/C11H15NO/c1-8(13)10-7-9(5-6-12-10)11(2,3)4/h5-7H,1-4H3. The number of pyridine rings is 1. The van der Waals surface area contributed by atoms with E-state index in [1.54, 1.807) is 6.20 Å². The number of hydrogen-bond acceptors (Lipinski definition) is 2. The van der Waals surface area contributed by atoms with Crippen LogP contribution in [0.15, 0.2) is 18.3 Å². The Bertz CT molecular complexity index is 323. The predicted molar refractivity (Wildman–Crippen MR) is 52.9 cm³/mol.